The van der Waals surface area contributed by atoms with Crippen LogP contribution in [0, 0.1) is 12.8 Å². The monoisotopic (exact) mass is 179 g/mol. The van der Waals surface area contributed by atoms with E-state index in [1.165, 1.54) is 0 Å². The molecule has 0 fully saturated rings. The van der Waals surface area contributed by atoms with Crippen molar-refractivity contribution in [2.75, 3.05) is 13.7 Å². The highest BCUT2D eigenvalue weighted by molar-refractivity contribution is 5.41. The Morgan fingerprint density at radius 1 is 1.46 bits per heavy atom. The van der Waals surface area contributed by atoms with Gasteiger partial charge in [-0.25, -0.2) is 0 Å². The second kappa shape index (κ2) is 4.28. The minimum Gasteiger partial charge on any atom is -0.496 e. The Morgan fingerprint density at radius 2 is 2.15 bits per heavy atom. The van der Waals surface area contributed by atoms with E-state index in [2.05, 4.69) is 0 Å². The normalized spacial score (nSPS) is 10.5. The molecule has 1 aromatic rings. The van der Waals surface area contributed by atoms with Crippen molar-refractivity contribution in [1.82, 2.24) is 0 Å². The highest BCUT2D eigenvalue weighted by Gasteiger charge is 2.06. The molecule has 2 heteroatoms. The number of methoxy groups -OCH3 is 1. The molecule has 13 heavy (non-hydrogen) atoms. The van der Waals surface area contributed by atoms with E-state index in [0.29, 0.717) is 0 Å². The zero-order valence-electron chi connectivity index (χ0n) is 8.29. The second-order valence-corrected chi connectivity index (χ2v) is 3.12. The zero-order chi connectivity index (χ0) is 9.84. The number of hydrogen-bond donors (Lipinski definition) is 1. The first-order chi connectivity index (χ1) is 6.19. The molecule has 0 amide bonds. The van der Waals surface area contributed by atoms with Crippen molar-refractivity contribution in [2.45, 2.75) is 13.8 Å². The van der Waals surface area contributed by atoms with Crippen LogP contribution in [-0.4, -0.2) is 18.8 Å². The van der Waals surface area contributed by atoms with Crippen LogP contribution in [0.15, 0.2) is 18.2 Å². The first kappa shape index (κ1) is 10.1. The smallest absolute Gasteiger partial charge is 0.122 e. The van der Waals surface area contributed by atoms with Crippen LogP contribution < -0.4 is 4.74 Å². The van der Waals surface area contributed by atoms with Gasteiger partial charge >= 0.3 is 0 Å². The van der Waals surface area contributed by atoms with Crippen molar-refractivity contribution >= 4 is 0 Å². The van der Waals surface area contributed by atoms with E-state index in [4.69, 9.17) is 9.84 Å². The SMILES string of the molecule is COc1cc([C](C)CO)ccc1C. The van der Waals surface area contributed by atoms with Gasteiger partial charge in [0.25, 0.3) is 0 Å². The summed E-state index contributed by atoms with van der Waals surface area (Å²) in [5.74, 6) is 1.82. The summed E-state index contributed by atoms with van der Waals surface area (Å²) in [7, 11) is 1.65. The fraction of sp³-hybridized carbons (Fsp3) is 0.364. The van der Waals surface area contributed by atoms with E-state index in [0.717, 1.165) is 22.8 Å². The molecule has 0 atom stereocenters. The minimum absolute atomic E-state index is 0.0895. The number of aryl methyl sites for hydroxylation is 1. The first-order valence-electron chi connectivity index (χ1n) is 4.27. The summed E-state index contributed by atoms with van der Waals surface area (Å²) in [4.78, 5) is 0. The maximum absolute atomic E-state index is 8.94. The van der Waals surface area contributed by atoms with Crippen molar-refractivity contribution in [3.05, 3.63) is 35.2 Å². The molecule has 1 aromatic carbocycles. The number of aliphatic hydroxyl groups excluding tert-OH is 1. The number of rotatable bonds is 3. The molecule has 0 aliphatic heterocycles. The van der Waals surface area contributed by atoms with Crippen LogP contribution in [-0.2, 0) is 0 Å². The summed E-state index contributed by atoms with van der Waals surface area (Å²) in [6.07, 6.45) is 0. The van der Waals surface area contributed by atoms with Crippen LogP contribution in [0.5, 0.6) is 5.75 Å². The summed E-state index contributed by atoms with van der Waals surface area (Å²) in [6.45, 7) is 3.99. The van der Waals surface area contributed by atoms with Crippen LogP contribution in [0.25, 0.3) is 0 Å². The molecule has 0 saturated carbocycles. The van der Waals surface area contributed by atoms with Crippen LogP contribution >= 0.6 is 0 Å². The fourth-order valence-corrected chi connectivity index (χ4v) is 1.18. The molecule has 0 aromatic heterocycles. The van der Waals surface area contributed by atoms with Gasteiger partial charge < -0.3 is 9.84 Å². The van der Waals surface area contributed by atoms with Crippen molar-refractivity contribution in [3.8, 4) is 5.75 Å². The Kier molecular flexibility index (Phi) is 3.32. The van der Waals surface area contributed by atoms with Gasteiger partial charge in [0.15, 0.2) is 0 Å². The number of benzene rings is 1. The largest absolute Gasteiger partial charge is 0.496 e. The molecule has 0 unspecified atom stereocenters. The molecular formula is C11H15O2. The van der Waals surface area contributed by atoms with Gasteiger partial charge in [-0.2, -0.15) is 0 Å². The third-order valence-corrected chi connectivity index (χ3v) is 2.14. The highest BCUT2D eigenvalue weighted by atomic mass is 16.5. The van der Waals surface area contributed by atoms with E-state index in [-0.39, 0.29) is 6.61 Å². The summed E-state index contributed by atoms with van der Waals surface area (Å²) in [5.41, 5.74) is 2.14. The van der Waals surface area contributed by atoms with Gasteiger partial charge in [0.2, 0.25) is 0 Å². The lowest BCUT2D eigenvalue weighted by Gasteiger charge is -2.10. The number of aliphatic hydroxyl groups is 1. The lowest BCUT2D eigenvalue weighted by Crippen LogP contribution is -2.00. The molecule has 0 aliphatic rings. The van der Waals surface area contributed by atoms with E-state index in [1.54, 1.807) is 7.11 Å². The predicted octanol–water partition coefficient (Wildman–Crippen LogP) is 1.94. The molecule has 1 rings (SSSR count). The van der Waals surface area contributed by atoms with Crippen LogP contribution in [0.1, 0.15) is 18.1 Å². The van der Waals surface area contributed by atoms with Gasteiger partial charge in [0.1, 0.15) is 5.75 Å². The molecule has 2 nitrogen and oxygen atoms in total. The van der Waals surface area contributed by atoms with Crippen molar-refractivity contribution in [1.29, 1.82) is 0 Å². The average Bonchev–Trinajstić information content (AvgIpc) is 2.17. The summed E-state index contributed by atoms with van der Waals surface area (Å²) in [5, 5.41) is 8.94. The summed E-state index contributed by atoms with van der Waals surface area (Å²) < 4.78 is 5.19. The predicted molar refractivity (Wildman–Crippen MR) is 52.8 cm³/mol. The Hall–Kier alpha value is -1.02. The van der Waals surface area contributed by atoms with Crippen LogP contribution in [0.3, 0.4) is 0 Å². The highest BCUT2D eigenvalue weighted by Crippen LogP contribution is 2.23. The van der Waals surface area contributed by atoms with E-state index < -0.39 is 0 Å². The molecule has 0 heterocycles. The minimum atomic E-state index is 0.0895. The van der Waals surface area contributed by atoms with Gasteiger partial charge in [0.05, 0.1) is 13.7 Å². The second-order valence-electron chi connectivity index (χ2n) is 3.12. The molecule has 0 spiro atoms. The quantitative estimate of drug-likeness (QED) is 0.768. The Bertz CT molecular complexity index is 281. The van der Waals surface area contributed by atoms with Crippen LogP contribution in [0.2, 0.25) is 0 Å². The van der Waals surface area contributed by atoms with E-state index >= 15 is 0 Å². The van der Waals surface area contributed by atoms with E-state index in [9.17, 15) is 0 Å². The maximum atomic E-state index is 8.94. The first-order valence-corrected chi connectivity index (χ1v) is 4.27. The van der Waals surface area contributed by atoms with Crippen molar-refractivity contribution < 1.29 is 9.84 Å². The molecule has 0 bridgehead atoms. The lowest BCUT2D eigenvalue weighted by molar-refractivity contribution is 0.314. The van der Waals surface area contributed by atoms with Gasteiger partial charge in [-0.1, -0.05) is 19.1 Å². The van der Waals surface area contributed by atoms with Crippen molar-refractivity contribution in [3.63, 3.8) is 0 Å². The van der Waals surface area contributed by atoms with Gasteiger partial charge in [-0.3, -0.25) is 0 Å². The standard InChI is InChI=1S/C11H15O2/c1-8-4-5-10(9(2)7-12)6-11(8)13-3/h4-6,12H,7H2,1-3H3. The molecule has 0 saturated heterocycles. The Morgan fingerprint density at radius 3 is 2.69 bits per heavy atom. The van der Waals surface area contributed by atoms with Gasteiger partial charge in [0, 0.05) is 5.92 Å². The zero-order valence-corrected chi connectivity index (χ0v) is 8.29. The van der Waals surface area contributed by atoms with Gasteiger partial charge in [-0.15, -0.1) is 0 Å². The Balaban J connectivity index is 2.99. The lowest BCUT2D eigenvalue weighted by atomic mass is 10.0. The fourth-order valence-electron chi connectivity index (χ4n) is 1.18. The molecule has 1 N–H and O–H groups in total. The number of ether oxygens (including phenoxy) is 1. The summed E-state index contributed by atoms with van der Waals surface area (Å²) in [6, 6.07) is 5.93. The molecule has 1 radical (unpaired) electrons. The topological polar surface area (TPSA) is 29.5 Å². The summed E-state index contributed by atoms with van der Waals surface area (Å²) >= 11 is 0. The Labute approximate surface area is 79.2 Å². The van der Waals surface area contributed by atoms with Gasteiger partial charge in [-0.05, 0) is 24.1 Å². The third-order valence-electron chi connectivity index (χ3n) is 2.14. The van der Waals surface area contributed by atoms with E-state index in [1.807, 2.05) is 32.0 Å². The molecule has 0 aliphatic carbocycles. The average molecular weight is 179 g/mol. The third kappa shape index (κ3) is 2.22. The maximum Gasteiger partial charge on any atom is 0.122 e. The molecule has 71 valence electrons. The van der Waals surface area contributed by atoms with Crippen molar-refractivity contribution in [2.24, 2.45) is 0 Å². The molecular weight excluding hydrogens is 164 g/mol. The van der Waals surface area contributed by atoms with Crippen LogP contribution in [0.4, 0.5) is 0 Å². The number of hydrogen-bond acceptors (Lipinski definition) is 2.